The molecular weight excluding hydrogens is 436 g/mol. The van der Waals surface area contributed by atoms with E-state index in [-0.39, 0.29) is 12.4 Å². The number of alkyl halides is 1. The summed E-state index contributed by atoms with van der Waals surface area (Å²) in [5, 5.41) is 0.838. The van der Waals surface area contributed by atoms with E-state index in [4.69, 9.17) is 33.2 Å². The molecule has 8 nitrogen and oxygen atoms in total. The molecule has 0 saturated heterocycles. The third kappa shape index (κ3) is 23.7. The Labute approximate surface area is 177 Å². The largest absolute Gasteiger partial charge is 0.460 e. The number of ether oxygens (including phenoxy) is 7. The van der Waals surface area contributed by atoms with Crippen LogP contribution in [-0.2, 0) is 38.0 Å². The van der Waals surface area contributed by atoms with E-state index in [1.807, 2.05) is 20.8 Å². The van der Waals surface area contributed by atoms with Crippen LogP contribution in [0.2, 0.25) is 0 Å². The molecule has 0 aliphatic heterocycles. The Morgan fingerprint density at radius 1 is 0.607 bits per heavy atom. The van der Waals surface area contributed by atoms with E-state index in [0.717, 1.165) is 5.33 Å². The molecule has 0 atom stereocenters. The van der Waals surface area contributed by atoms with Gasteiger partial charge in [0.2, 0.25) is 0 Å². The highest BCUT2D eigenvalue weighted by Gasteiger charge is 2.15. The Morgan fingerprint density at radius 3 is 1.25 bits per heavy atom. The number of esters is 1. The van der Waals surface area contributed by atoms with Gasteiger partial charge in [-0.15, -0.1) is 0 Å². The van der Waals surface area contributed by atoms with Crippen LogP contribution in [-0.4, -0.2) is 96.2 Å². The number of carbonyl (C=O) groups is 1. The highest BCUT2D eigenvalue weighted by molar-refractivity contribution is 9.09. The van der Waals surface area contributed by atoms with Crippen LogP contribution in [0.4, 0.5) is 0 Å². The molecule has 0 aliphatic carbocycles. The summed E-state index contributed by atoms with van der Waals surface area (Å²) in [7, 11) is 0. The first kappa shape index (κ1) is 27.7. The van der Waals surface area contributed by atoms with Gasteiger partial charge in [-0.3, -0.25) is 4.79 Å². The molecule has 0 saturated carbocycles. The third-order valence-corrected chi connectivity index (χ3v) is 3.28. The molecule has 0 aromatic rings. The lowest BCUT2D eigenvalue weighted by Gasteiger charge is -2.19. The summed E-state index contributed by atoms with van der Waals surface area (Å²) in [6, 6.07) is 0. The first-order valence-electron chi connectivity index (χ1n) is 9.70. The van der Waals surface area contributed by atoms with Gasteiger partial charge in [-0.2, -0.15) is 0 Å². The minimum absolute atomic E-state index is 0.246. The van der Waals surface area contributed by atoms with Crippen molar-refractivity contribution >= 4 is 21.9 Å². The van der Waals surface area contributed by atoms with Crippen molar-refractivity contribution in [1.29, 1.82) is 0 Å². The lowest BCUT2D eigenvalue weighted by Crippen LogP contribution is -2.24. The molecule has 0 bridgehead atoms. The van der Waals surface area contributed by atoms with Gasteiger partial charge >= 0.3 is 5.97 Å². The van der Waals surface area contributed by atoms with Crippen molar-refractivity contribution in [2.45, 2.75) is 32.8 Å². The summed E-state index contributed by atoms with van der Waals surface area (Å²) in [5.41, 5.74) is -0.457. The average Bonchev–Trinajstić information content (AvgIpc) is 2.62. The fourth-order valence-electron chi connectivity index (χ4n) is 1.80. The molecule has 0 N–H and O–H groups in total. The summed E-state index contributed by atoms with van der Waals surface area (Å²) in [6.45, 7) is 11.8. The Hall–Kier alpha value is -0.290. The number of hydrogen-bond acceptors (Lipinski definition) is 8. The van der Waals surface area contributed by atoms with Crippen LogP contribution >= 0.6 is 15.9 Å². The van der Waals surface area contributed by atoms with Gasteiger partial charge in [0.15, 0.2) is 0 Å². The molecule has 0 aliphatic rings. The Kier molecular flexibility index (Phi) is 19.8. The topological polar surface area (TPSA) is 81.7 Å². The zero-order chi connectivity index (χ0) is 20.9. The Balaban J connectivity index is 3.11. The number of carbonyl (C=O) groups excluding carboxylic acids is 1. The van der Waals surface area contributed by atoms with Gasteiger partial charge in [0.05, 0.1) is 85.7 Å². The maximum atomic E-state index is 11.5. The van der Waals surface area contributed by atoms with Crippen LogP contribution in [0, 0.1) is 0 Å². The van der Waals surface area contributed by atoms with E-state index in [0.29, 0.717) is 79.3 Å². The molecule has 0 amide bonds. The summed E-state index contributed by atoms with van der Waals surface area (Å²) >= 11 is 3.29. The van der Waals surface area contributed by atoms with E-state index in [1.165, 1.54) is 0 Å². The molecule has 0 rings (SSSR count). The van der Waals surface area contributed by atoms with E-state index >= 15 is 0 Å². The third-order valence-electron chi connectivity index (χ3n) is 2.95. The Bertz CT molecular complexity index is 349. The molecule has 0 aromatic heterocycles. The number of rotatable bonds is 20. The lowest BCUT2D eigenvalue weighted by atomic mass is 10.2. The molecule has 0 spiro atoms. The minimum atomic E-state index is -0.457. The fourth-order valence-corrected chi connectivity index (χ4v) is 2.03. The van der Waals surface area contributed by atoms with E-state index < -0.39 is 5.60 Å². The summed E-state index contributed by atoms with van der Waals surface area (Å²) in [6.07, 6.45) is 0.246. The normalized spacial score (nSPS) is 11.7. The maximum Gasteiger partial charge on any atom is 0.308 e. The standard InChI is InChI=1S/C19H37BrO8/c1-19(2,3)28-18(21)4-6-22-8-10-24-12-14-26-16-17-27-15-13-25-11-9-23-7-5-20/h4-17H2,1-3H3. The van der Waals surface area contributed by atoms with E-state index in [1.54, 1.807) is 0 Å². The van der Waals surface area contributed by atoms with Gasteiger partial charge in [0.25, 0.3) is 0 Å². The van der Waals surface area contributed by atoms with Crippen molar-refractivity contribution < 1.29 is 38.0 Å². The molecule has 9 heteroatoms. The van der Waals surface area contributed by atoms with Gasteiger partial charge in [-0.1, -0.05) is 15.9 Å². The predicted molar refractivity (Wildman–Crippen MR) is 109 cm³/mol. The van der Waals surface area contributed by atoms with Crippen molar-refractivity contribution in [3.63, 3.8) is 0 Å². The molecule has 0 radical (unpaired) electrons. The minimum Gasteiger partial charge on any atom is -0.460 e. The van der Waals surface area contributed by atoms with E-state index in [9.17, 15) is 4.79 Å². The average molecular weight is 473 g/mol. The maximum absolute atomic E-state index is 11.5. The van der Waals surface area contributed by atoms with Crippen LogP contribution in [0.1, 0.15) is 27.2 Å². The van der Waals surface area contributed by atoms with Gasteiger partial charge in [-0.05, 0) is 20.8 Å². The Morgan fingerprint density at radius 2 is 0.929 bits per heavy atom. The molecule has 0 fully saturated rings. The van der Waals surface area contributed by atoms with Crippen molar-refractivity contribution in [1.82, 2.24) is 0 Å². The highest BCUT2D eigenvalue weighted by atomic mass is 79.9. The molecule has 0 unspecified atom stereocenters. The molecule has 0 aromatic carbocycles. The molecular formula is C19H37BrO8. The zero-order valence-corrected chi connectivity index (χ0v) is 19.1. The van der Waals surface area contributed by atoms with Crippen LogP contribution in [0.25, 0.3) is 0 Å². The van der Waals surface area contributed by atoms with Crippen molar-refractivity contribution in [3.05, 3.63) is 0 Å². The second-order valence-corrected chi connectivity index (χ2v) is 7.49. The molecule has 28 heavy (non-hydrogen) atoms. The fraction of sp³-hybridized carbons (Fsp3) is 0.947. The van der Waals surface area contributed by atoms with E-state index in [2.05, 4.69) is 15.9 Å². The summed E-state index contributed by atoms with van der Waals surface area (Å²) < 4.78 is 37.3. The zero-order valence-electron chi connectivity index (χ0n) is 17.5. The highest BCUT2D eigenvalue weighted by Crippen LogP contribution is 2.07. The van der Waals surface area contributed by atoms with Gasteiger partial charge in [0, 0.05) is 5.33 Å². The second-order valence-electron chi connectivity index (χ2n) is 6.70. The molecule has 0 heterocycles. The van der Waals surface area contributed by atoms with Crippen molar-refractivity contribution in [2.24, 2.45) is 0 Å². The van der Waals surface area contributed by atoms with Gasteiger partial charge in [-0.25, -0.2) is 0 Å². The second kappa shape index (κ2) is 20.0. The molecule has 168 valence electrons. The van der Waals surface area contributed by atoms with Crippen molar-refractivity contribution in [3.8, 4) is 0 Å². The monoisotopic (exact) mass is 472 g/mol. The van der Waals surface area contributed by atoms with Crippen LogP contribution < -0.4 is 0 Å². The quantitative estimate of drug-likeness (QED) is 0.151. The number of halogens is 1. The predicted octanol–water partition coefficient (Wildman–Crippen LogP) is 2.21. The van der Waals surface area contributed by atoms with Crippen molar-refractivity contribution in [2.75, 3.05) is 84.6 Å². The summed E-state index contributed by atoms with van der Waals surface area (Å²) in [4.78, 5) is 11.5. The van der Waals surface area contributed by atoms with Gasteiger partial charge in [0.1, 0.15) is 5.60 Å². The van der Waals surface area contributed by atoms with Crippen LogP contribution in [0.3, 0.4) is 0 Å². The smallest absolute Gasteiger partial charge is 0.308 e. The lowest BCUT2D eigenvalue weighted by molar-refractivity contribution is -0.156. The first-order valence-corrected chi connectivity index (χ1v) is 10.8. The first-order chi connectivity index (χ1) is 13.5. The van der Waals surface area contributed by atoms with Crippen LogP contribution in [0.15, 0.2) is 0 Å². The van der Waals surface area contributed by atoms with Crippen LogP contribution in [0.5, 0.6) is 0 Å². The van der Waals surface area contributed by atoms with Gasteiger partial charge < -0.3 is 33.2 Å². The number of hydrogen-bond donors (Lipinski definition) is 0. The summed E-state index contributed by atoms with van der Waals surface area (Å²) in [5.74, 6) is -0.255. The SMILES string of the molecule is CC(C)(C)OC(=O)CCOCCOCCOCCOCCOCCOCCBr.